The third-order valence-corrected chi connectivity index (χ3v) is 4.03. The largest absolute Gasteiger partial charge is 0.310 e. The van der Waals surface area contributed by atoms with Gasteiger partial charge in [0.15, 0.2) is 0 Å². The Bertz CT molecular complexity index is 603. The second-order valence-electron chi connectivity index (χ2n) is 5.01. The van der Waals surface area contributed by atoms with E-state index in [1.54, 1.807) is 6.07 Å². The number of hydrogen-bond acceptors (Lipinski definition) is 1. The SMILES string of the molecule is CCCNC(Cc1cccc(Cl)c1)c1cc(Br)ccc1F. The molecule has 0 saturated carbocycles. The molecule has 1 unspecified atom stereocenters. The molecule has 4 heteroatoms. The Labute approximate surface area is 138 Å². The molecule has 0 aromatic heterocycles. The standard InChI is InChI=1S/C17H18BrClFN/c1-2-8-21-17(10-12-4-3-5-14(19)9-12)15-11-13(18)6-7-16(15)20/h3-7,9,11,17,21H,2,8,10H2,1H3. The molecule has 1 N–H and O–H groups in total. The van der Waals surface area contributed by atoms with Crippen LogP contribution in [0.2, 0.25) is 5.02 Å². The highest BCUT2D eigenvalue weighted by Crippen LogP contribution is 2.25. The topological polar surface area (TPSA) is 12.0 Å². The van der Waals surface area contributed by atoms with Gasteiger partial charge in [0.05, 0.1) is 0 Å². The van der Waals surface area contributed by atoms with Crippen LogP contribution in [-0.4, -0.2) is 6.54 Å². The molecule has 21 heavy (non-hydrogen) atoms. The summed E-state index contributed by atoms with van der Waals surface area (Å²) in [6.07, 6.45) is 1.70. The predicted octanol–water partition coefficient (Wildman–Crippen LogP) is 5.53. The van der Waals surface area contributed by atoms with E-state index in [0.29, 0.717) is 17.0 Å². The minimum atomic E-state index is -0.186. The van der Waals surface area contributed by atoms with Gasteiger partial charge in [-0.25, -0.2) is 4.39 Å². The molecule has 0 amide bonds. The number of rotatable bonds is 6. The molecular formula is C17H18BrClFN. The van der Waals surface area contributed by atoms with Crippen molar-refractivity contribution in [3.8, 4) is 0 Å². The van der Waals surface area contributed by atoms with Crippen LogP contribution in [0.25, 0.3) is 0 Å². The van der Waals surface area contributed by atoms with Gasteiger partial charge in [-0.15, -0.1) is 0 Å². The number of hydrogen-bond donors (Lipinski definition) is 1. The van der Waals surface area contributed by atoms with Crippen LogP contribution in [0.1, 0.15) is 30.5 Å². The molecule has 2 aromatic rings. The van der Waals surface area contributed by atoms with Crippen LogP contribution >= 0.6 is 27.5 Å². The molecule has 112 valence electrons. The minimum Gasteiger partial charge on any atom is -0.310 e. The number of halogens is 3. The first-order valence-electron chi connectivity index (χ1n) is 7.03. The van der Waals surface area contributed by atoms with Gasteiger partial charge in [-0.1, -0.05) is 46.6 Å². The van der Waals surface area contributed by atoms with Crippen LogP contribution in [0.4, 0.5) is 4.39 Å². The molecular weight excluding hydrogens is 353 g/mol. The van der Waals surface area contributed by atoms with Crippen molar-refractivity contribution in [2.75, 3.05) is 6.54 Å². The molecule has 0 fully saturated rings. The van der Waals surface area contributed by atoms with Gasteiger partial charge >= 0.3 is 0 Å². The van der Waals surface area contributed by atoms with Crippen LogP contribution in [0.3, 0.4) is 0 Å². The van der Waals surface area contributed by atoms with E-state index in [2.05, 4.69) is 28.2 Å². The zero-order valence-electron chi connectivity index (χ0n) is 11.9. The van der Waals surface area contributed by atoms with Gasteiger partial charge < -0.3 is 5.32 Å². The first-order chi connectivity index (χ1) is 10.1. The molecule has 1 atom stereocenters. The summed E-state index contributed by atoms with van der Waals surface area (Å²) in [5, 5.41) is 4.12. The zero-order valence-corrected chi connectivity index (χ0v) is 14.2. The van der Waals surface area contributed by atoms with Gasteiger partial charge in [-0.3, -0.25) is 0 Å². The maximum Gasteiger partial charge on any atom is 0.128 e. The monoisotopic (exact) mass is 369 g/mol. The Hall–Kier alpha value is -0.900. The quantitative estimate of drug-likeness (QED) is 0.705. The molecule has 1 nitrogen and oxygen atoms in total. The number of benzene rings is 2. The maximum absolute atomic E-state index is 14.1. The Kier molecular flexibility index (Phi) is 6.22. The van der Waals surface area contributed by atoms with Crippen molar-refractivity contribution in [1.29, 1.82) is 0 Å². The fourth-order valence-electron chi connectivity index (χ4n) is 2.29. The third-order valence-electron chi connectivity index (χ3n) is 3.30. The van der Waals surface area contributed by atoms with Crippen molar-refractivity contribution < 1.29 is 4.39 Å². The van der Waals surface area contributed by atoms with Crippen molar-refractivity contribution in [2.24, 2.45) is 0 Å². The van der Waals surface area contributed by atoms with E-state index in [0.717, 1.165) is 23.0 Å². The molecule has 0 aliphatic rings. The highest BCUT2D eigenvalue weighted by Gasteiger charge is 2.16. The predicted molar refractivity (Wildman–Crippen MR) is 90.3 cm³/mol. The van der Waals surface area contributed by atoms with E-state index < -0.39 is 0 Å². The van der Waals surface area contributed by atoms with Crippen LogP contribution in [0.15, 0.2) is 46.9 Å². The van der Waals surface area contributed by atoms with Gasteiger partial charge in [0.25, 0.3) is 0 Å². The lowest BCUT2D eigenvalue weighted by molar-refractivity contribution is 0.497. The molecule has 0 heterocycles. The Morgan fingerprint density at radius 2 is 2.05 bits per heavy atom. The van der Waals surface area contributed by atoms with Crippen molar-refractivity contribution in [1.82, 2.24) is 5.32 Å². The van der Waals surface area contributed by atoms with Gasteiger partial charge in [0.1, 0.15) is 5.82 Å². The van der Waals surface area contributed by atoms with E-state index in [1.165, 1.54) is 6.07 Å². The van der Waals surface area contributed by atoms with E-state index in [1.807, 2.05) is 30.3 Å². The summed E-state index contributed by atoms with van der Waals surface area (Å²) in [5.74, 6) is -0.186. The summed E-state index contributed by atoms with van der Waals surface area (Å²) in [4.78, 5) is 0. The molecule has 0 aliphatic heterocycles. The first kappa shape index (κ1) is 16.5. The van der Waals surface area contributed by atoms with Crippen molar-refractivity contribution in [2.45, 2.75) is 25.8 Å². The zero-order chi connectivity index (χ0) is 15.2. The van der Waals surface area contributed by atoms with Crippen molar-refractivity contribution in [3.63, 3.8) is 0 Å². The molecule has 2 aromatic carbocycles. The average Bonchev–Trinajstić information content (AvgIpc) is 2.46. The maximum atomic E-state index is 14.1. The van der Waals surface area contributed by atoms with Crippen LogP contribution < -0.4 is 5.32 Å². The Balaban J connectivity index is 2.27. The van der Waals surface area contributed by atoms with Crippen molar-refractivity contribution >= 4 is 27.5 Å². The van der Waals surface area contributed by atoms with E-state index in [-0.39, 0.29) is 11.9 Å². The van der Waals surface area contributed by atoms with Gasteiger partial charge in [0, 0.05) is 21.1 Å². The van der Waals surface area contributed by atoms with Gasteiger partial charge in [-0.2, -0.15) is 0 Å². The van der Waals surface area contributed by atoms with Gasteiger partial charge in [-0.05, 0) is 55.3 Å². The van der Waals surface area contributed by atoms with Crippen LogP contribution in [0.5, 0.6) is 0 Å². The van der Waals surface area contributed by atoms with Gasteiger partial charge in [0.2, 0.25) is 0 Å². The summed E-state index contributed by atoms with van der Waals surface area (Å²) in [7, 11) is 0. The third kappa shape index (κ3) is 4.80. The van der Waals surface area contributed by atoms with E-state index in [4.69, 9.17) is 11.6 Å². The highest BCUT2D eigenvalue weighted by molar-refractivity contribution is 9.10. The Morgan fingerprint density at radius 1 is 1.24 bits per heavy atom. The summed E-state index contributed by atoms with van der Waals surface area (Å²) >= 11 is 9.45. The minimum absolute atomic E-state index is 0.0686. The molecule has 2 rings (SSSR count). The van der Waals surface area contributed by atoms with Crippen LogP contribution in [-0.2, 0) is 6.42 Å². The molecule has 0 aliphatic carbocycles. The lowest BCUT2D eigenvalue weighted by atomic mass is 9.98. The number of nitrogens with one attached hydrogen (secondary N) is 1. The summed E-state index contributed by atoms with van der Waals surface area (Å²) < 4.78 is 15.0. The molecule has 0 radical (unpaired) electrons. The molecule has 0 bridgehead atoms. The normalized spacial score (nSPS) is 12.4. The molecule has 0 spiro atoms. The lowest BCUT2D eigenvalue weighted by Gasteiger charge is -2.20. The second-order valence-corrected chi connectivity index (χ2v) is 6.36. The van der Waals surface area contributed by atoms with E-state index >= 15 is 0 Å². The summed E-state index contributed by atoms with van der Waals surface area (Å²) in [6.45, 7) is 2.94. The fraction of sp³-hybridized carbons (Fsp3) is 0.294. The smallest absolute Gasteiger partial charge is 0.128 e. The van der Waals surface area contributed by atoms with Crippen molar-refractivity contribution in [3.05, 3.63) is 68.9 Å². The Morgan fingerprint density at radius 3 is 2.76 bits per heavy atom. The average molecular weight is 371 g/mol. The fourth-order valence-corrected chi connectivity index (χ4v) is 2.88. The van der Waals surface area contributed by atoms with E-state index in [9.17, 15) is 4.39 Å². The second kappa shape index (κ2) is 7.92. The molecule has 0 saturated heterocycles. The summed E-state index contributed by atoms with van der Waals surface area (Å²) in [5.41, 5.74) is 1.77. The van der Waals surface area contributed by atoms with Crippen LogP contribution in [0, 0.1) is 5.82 Å². The first-order valence-corrected chi connectivity index (χ1v) is 8.20. The summed E-state index contributed by atoms with van der Waals surface area (Å²) in [6, 6.07) is 12.7. The lowest BCUT2D eigenvalue weighted by Crippen LogP contribution is -2.25. The highest BCUT2D eigenvalue weighted by atomic mass is 79.9.